The van der Waals surface area contributed by atoms with Gasteiger partial charge < -0.3 is 28.8 Å². The van der Waals surface area contributed by atoms with Crippen molar-refractivity contribution in [2.45, 2.75) is 87.7 Å². The lowest BCUT2D eigenvalue weighted by Crippen LogP contribution is -2.53. The van der Waals surface area contributed by atoms with Gasteiger partial charge in [0.25, 0.3) is 10.1 Å². The topological polar surface area (TPSA) is 110 Å². The molecule has 1 aromatic carbocycles. The maximum atomic E-state index is 12.4. The van der Waals surface area contributed by atoms with Crippen LogP contribution in [0.1, 0.15) is 39.7 Å². The third kappa shape index (κ3) is 4.40. The second-order valence-corrected chi connectivity index (χ2v) is 10.7. The zero-order chi connectivity index (χ0) is 22.7. The van der Waals surface area contributed by atoms with Crippen molar-refractivity contribution in [2.75, 3.05) is 13.2 Å². The lowest BCUT2D eigenvalue weighted by atomic mass is 9.97. The fourth-order valence-corrected chi connectivity index (χ4v) is 5.15. The molecule has 0 saturated carbocycles. The number of benzene rings is 1. The maximum Gasteiger partial charge on any atom is 0.296 e. The molecular formula is C21H30O9S. The number of aliphatic hydroxyl groups excluding tert-OH is 1. The molecule has 0 aliphatic carbocycles. The minimum atomic E-state index is -3.95. The summed E-state index contributed by atoms with van der Waals surface area (Å²) in [5, 5.41) is 11.0. The lowest BCUT2D eigenvalue weighted by molar-refractivity contribution is -0.336. The van der Waals surface area contributed by atoms with Crippen LogP contribution in [0.5, 0.6) is 0 Å². The second-order valence-electron chi connectivity index (χ2n) is 9.10. The average Bonchev–Trinajstić information content (AvgIpc) is 3.09. The van der Waals surface area contributed by atoms with Crippen molar-refractivity contribution in [2.24, 2.45) is 0 Å². The first-order valence-electron chi connectivity index (χ1n) is 10.4. The van der Waals surface area contributed by atoms with Crippen molar-refractivity contribution in [1.82, 2.24) is 0 Å². The van der Waals surface area contributed by atoms with E-state index < -0.39 is 51.9 Å². The van der Waals surface area contributed by atoms with Gasteiger partial charge in [-0.3, -0.25) is 4.18 Å². The van der Waals surface area contributed by atoms with Gasteiger partial charge in [-0.2, -0.15) is 8.42 Å². The van der Waals surface area contributed by atoms with Crippen LogP contribution < -0.4 is 0 Å². The second kappa shape index (κ2) is 7.74. The molecule has 0 aromatic heterocycles. The average molecular weight is 459 g/mol. The molecule has 174 valence electrons. The summed E-state index contributed by atoms with van der Waals surface area (Å²) in [5.74, 6) is -3.36. The van der Waals surface area contributed by atoms with Crippen LogP contribution in [-0.2, 0) is 38.0 Å². The van der Waals surface area contributed by atoms with Gasteiger partial charge in [0.15, 0.2) is 11.6 Å². The maximum absolute atomic E-state index is 12.4. The Bertz CT molecular complexity index is 911. The van der Waals surface area contributed by atoms with Crippen LogP contribution in [0.15, 0.2) is 29.2 Å². The number of hydrogen-bond donors (Lipinski definition) is 1. The van der Waals surface area contributed by atoms with E-state index in [2.05, 4.69) is 0 Å². The zero-order valence-corrected chi connectivity index (χ0v) is 19.2. The minimum Gasteiger partial charge on any atom is -0.387 e. The van der Waals surface area contributed by atoms with E-state index in [1.165, 1.54) is 12.1 Å². The predicted octanol–water partition coefficient (Wildman–Crippen LogP) is 1.85. The molecule has 0 amide bonds. The van der Waals surface area contributed by atoms with Gasteiger partial charge in [0.1, 0.15) is 24.4 Å². The van der Waals surface area contributed by atoms with Gasteiger partial charge in [0.05, 0.1) is 18.1 Å². The van der Waals surface area contributed by atoms with Gasteiger partial charge >= 0.3 is 0 Å². The molecule has 1 aromatic rings. The van der Waals surface area contributed by atoms with E-state index in [9.17, 15) is 13.5 Å². The van der Waals surface area contributed by atoms with Crippen LogP contribution in [0.3, 0.4) is 0 Å². The summed E-state index contributed by atoms with van der Waals surface area (Å²) in [4.78, 5) is 0.0566. The summed E-state index contributed by atoms with van der Waals surface area (Å²) in [6, 6.07) is 6.35. The molecule has 1 N–H and O–H groups in total. The van der Waals surface area contributed by atoms with Crippen LogP contribution >= 0.6 is 0 Å². The van der Waals surface area contributed by atoms with Gasteiger partial charge in [-0.25, -0.2) is 0 Å². The molecular weight excluding hydrogens is 428 g/mol. The molecule has 10 heteroatoms. The highest BCUT2D eigenvalue weighted by molar-refractivity contribution is 7.86. The van der Waals surface area contributed by atoms with Gasteiger partial charge in [0.2, 0.25) is 5.79 Å². The van der Waals surface area contributed by atoms with Crippen molar-refractivity contribution in [3.05, 3.63) is 29.8 Å². The van der Waals surface area contributed by atoms with Gasteiger partial charge in [-0.15, -0.1) is 0 Å². The molecule has 0 radical (unpaired) electrons. The first-order valence-corrected chi connectivity index (χ1v) is 11.8. The highest BCUT2D eigenvalue weighted by atomic mass is 32.2. The van der Waals surface area contributed by atoms with Crippen LogP contribution in [0.2, 0.25) is 0 Å². The van der Waals surface area contributed by atoms with E-state index in [1.807, 2.05) is 6.92 Å². The number of aliphatic hydroxyl groups is 1. The van der Waals surface area contributed by atoms with Crippen molar-refractivity contribution in [3.63, 3.8) is 0 Å². The first kappa shape index (κ1) is 23.1. The number of ether oxygens (including phenoxy) is 5. The van der Waals surface area contributed by atoms with E-state index in [4.69, 9.17) is 27.9 Å². The highest BCUT2D eigenvalue weighted by Gasteiger charge is 2.69. The van der Waals surface area contributed by atoms with E-state index in [0.717, 1.165) is 5.56 Å². The zero-order valence-electron chi connectivity index (χ0n) is 18.4. The summed E-state index contributed by atoms with van der Waals surface area (Å²) in [6.45, 7) is 8.91. The van der Waals surface area contributed by atoms with Crippen molar-refractivity contribution >= 4 is 10.1 Å². The fraction of sp³-hybridized carbons (Fsp3) is 0.714. The van der Waals surface area contributed by atoms with Gasteiger partial charge in [-0.05, 0) is 46.8 Å². The third-order valence-electron chi connectivity index (χ3n) is 5.63. The molecule has 3 heterocycles. The number of hydrogen-bond acceptors (Lipinski definition) is 9. The Labute approximate surface area is 182 Å². The van der Waals surface area contributed by atoms with E-state index in [0.29, 0.717) is 0 Å². The van der Waals surface area contributed by atoms with Gasteiger partial charge in [0, 0.05) is 6.42 Å². The summed E-state index contributed by atoms with van der Waals surface area (Å²) in [5.41, 5.74) is 0.940. The van der Waals surface area contributed by atoms with Crippen LogP contribution in [-0.4, -0.2) is 68.5 Å². The Balaban J connectivity index is 1.46. The number of rotatable bonds is 6. The summed E-state index contributed by atoms with van der Waals surface area (Å²) < 4.78 is 59.8. The monoisotopic (exact) mass is 458 g/mol. The van der Waals surface area contributed by atoms with Crippen LogP contribution in [0.4, 0.5) is 0 Å². The van der Waals surface area contributed by atoms with E-state index in [1.54, 1.807) is 39.8 Å². The Hall–Kier alpha value is -1.11. The van der Waals surface area contributed by atoms with Crippen molar-refractivity contribution in [3.8, 4) is 0 Å². The minimum absolute atomic E-state index is 0.0509. The number of aryl methyl sites for hydroxylation is 1. The summed E-state index contributed by atoms with van der Waals surface area (Å²) >= 11 is 0. The van der Waals surface area contributed by atoms with Crippen molar-refractivity contribution < 1.29 is 41.4 Å². The summed E-state index contributed by atoms with van der Waals surface area (Å²) in [7, 11) is -3.95. The fourth-order valence-electron chi connectivity index (χ4n) is 4.23. The predicted molar refractivity (Wildman–Crippen MR) is 107 cm³/mol. The Morgan fingerprint density at radius 1 is 1.10 bits per heavy atom. The molecule has 3 aliphatic heterocycles. The van der Waals surface area contributed by atoms with Gasteiger partial charge in [-0.1, -0.05) is 17.7 Å². The molecule has 9 nitrogen and oxygen atoms in total. The SMILES string of the molecule is Cc1ccc(S(=O)(=O)OCC[C@@H](O)[C@@]23O[C@H]4COC(C)(C)O[C@H]4[C@@H]2OC(C)(C)O3)cc1. The van der Waals surface area contributed by atoms with Crippen LogP contribution in [0.25, 0.3) is 0 Å². The first-order chi connectivity index (χ1) is 14.3. The molecule has 31 heavy (non-hydrogen) atoms. The molecule has 3 fully saturated rings. The Morgan fingerprint density at radius 2 is 1.77 bits per heavy atom. The molecule has 5 atom stereocenters. The molecule has 0 spiro atoms. The standard InChI is InChI=1S/C21H30O9S/c1-13-6-8-14(9-7-13)31(23,24)26-11-10-16(22)21-18(29-20(4,5)30-21)17-15(27-21)12-25-19(2,3)28-17/h6-9,15-18,22H,10-12H2,1-5H3/t15-,16+,17+,18-,21-/m0/s1. The number of fused-ring (bicyclic) bond motifs is 3. The quantitative estimate of drug-likeness (QED) is 0.639. The van der Waals surface area contributed by atoms with E-state index in [-0.39, 0.29) is 24.5 Å². The molecule has 3 aliphatic rings. The third-order valence-corrected chi connectivity index (χ3v) is 6.96. The largest absolute Gasteiger partial charge is 0.387 e. The summed E-state index contributed by atoms with van der Waals surface area (Å²) in [6.07, 6.45) is -2.97. The smallest absolute Gasteiger partial charge is 0.296 e. The molecule has 0 unspecified atom stereocenters. The van der Waals surface area contributed by atoms with Crippen molar-refractivity contribution in [1.29, 1.82) is 0 Å². The Morgan fingerprint density at radius 3 is 2.45 bits per heavy atom. The lowest BCUT2D eigenvalue weighted by Gasteiger charge is -2.38. The molecule has 0 bridgehead atoms. The Kier molecular flexibility index (Phi) is 5.76. The van der Waals surface area contributed by atoms with E-state index >= 15 is 0 Å². The molecule has 3 saturated heterocycles. The van der Waals surface area contributed by atoms with Crippen LogP contribution in [0, 0.1) is 6.92 Å². The normalized spacial score (nSPS) is 34.8. The highest BCUT2D eigenvalue weighted by Crippen LogP contribution is 2.50. The molecule has 4 rings (SSSR count).